The highest BCUT2D eigenvalue weighted by molar-refractivity contribution is 7.99. The van der Waals surface area contributed by atoms with E-state index in [2.05, 4.69) is 40.8 Å². The second kappa shape index (κ2) is 8.91. The van der Waals surface area contributed by atoms with Gasteiger partial charge in [0, 0.05) is 33.1 Å². The van der Waals surface area contributed by atoms with Gasteiger partial charge in [0.1, 0.15) is 0 Å². The van der Waals surface area contributed by atoms with Crippen LogP contribution in [-0.4, -0.2) is 26.4 Å². The molecule has 5 nitrogen and oxygen atoms in total. The van der Waals surface area contributed by atoms with E-state index in [4.69, 9.17) is 11.6 Å². The van der Waals surface area contributed by atoms with Crippen LogP contribution in [-0.2, 0) is 17.8 Å². The van der Waals surface area contributed by atoms with Crippen LogP contribution < -0.4 is 5.32 Å². The predicted octanol–water partition coefficient (Wildman–Crippen LogP) is 5.28. The van der Waals surface area contributed by atoms with E-state index in [0.717, 1.165) is 40.8 Å². The summed E-state index contributed by atoms with van der Waals surface area (Å²) in [7, 11) is 0. The van der Waals surface area contributed by atoms with Crippen LogP contribution in [0.5, 0.6) is 0 Å². The van der Waals surface area contributed by atoms with Crippen LogP contribution >= 0.6 is 34.7 Å². The van der Waals surface area contributed by atoms with Gasteiger partial charge >= 0.3 is 0 Å². The maximum atomic E-state index is 12.3. The second-order valence-corrected chi connectivity index (χ2v) is 8.38. The highest BCUT2D eigenvalue weighted by atomic mass is 35.5. The molecule has 0 fully saturated rings. The molecule has 2 heterocycles. The molecule has 0 unspecified atom stereocenters. The van der Waals surface area contributed by atoms with E-state index in [9.17, 15) is 4.79 Å². The Bertz CT molecular complexity index is 951. The van der Waals surface area contributed by atoms with Gasteiger partial charge in [-0.25, -0.2) is 0 Å². The molecule has 0 aliphatic heterocycles. The summed E-state index contributed by atoms with van der Waals surface area (Å²) in [4.78, 5) is 13.7. The first-order valence-corrected chi connectivity index (χ1v) is 11.0. The standard InChI is InChI=1S/C19H21ClN4OS2/c1-4-15-8-13(10-26-15)18-22-23-19(24(18)5-2)27-11-17(25)21-16-9-14(20)7-6-12(16)3/h6-10H,4-5,11H2,1-3H3,(H,21,25). The lowest BCUT2D eigenvalue weighted by Crippen LogP contribution is -2.15. The Morgan fingerprint density at radius 2 is 2.11 bits per heavy atom. The fraction of sp³-hybridized carbons (Fsp3) is 0.316. The lowest BCUT2D eigenvalue weighted by atomic mass is 10.2. The number of amides is 1. The van der Waals surface area contributed by atoms with Gasteiger partial charge in [0.15, 0.2) is 11.0 Å². The van der Waals surface area contributed by atoms with Crippen LogP contribution in [0.3, 0.4) is 0 Å². The van der Waals surface area contributed by atoms with E-state index >= 15 is 0 Å². The molecular formula is C19H21ClN4OS2. The van der Waals surface area contributed by atoms with E-state index in [-0.39, 0.29) is 11.7 Å². The number of rotatable bonds is 7. The molecule has 0 atom stereocenters. The lowest BCUT2D eigenvalue weighted by molar-refractivity contribution is -0.113. The Balaban J connectivity index is 1.69. The molecule has 0 aliphatic carbocycles. The number of nitrogens with zero attached hydrogens (tertiary/aromatic N) is 3. The molecule has 1 N–H and O–H groups in total. The molecule has 0 radical (unpaired) electrons. The van der Waals surface area contributed by atoms with Crippen LogP contribution in [0.2, 0.25) is 5.02 Å². The molecule has 0 saturated heterocycles. The number of hydrogen-bond donors (Lipinski definition) is 1. The van der Waals surface area contributed by atoms with Gasteiger partial charge in [-0.3, -0.25) is 4.79 Å². The SMILES string of the molecule is CCc1cc(-c2nnc(SCC(=O)Nc3cc(Cl)ccc3C)n2CC)cs1. The van der Waals surface area contributed by atoms with Crippen LogP contribution in [0.25, 0.3) is 11.4 Å². The Kier molecular flexibility index (Phi) is 6.57. The van der Waals surface area contributed by atoms with Crippen molar-refractivity contribution in [3.8, 4) is 11.4 Å². The van der Waals surface area contributed by atoms with Crippen LogP contribution in [0, 0.1) is 6.92 Å². The highest BCUT2D eigenvalue weighted by Crippen LogP contribution is 2.28. The summed E-state index contributed by atoms with van der Waals surface area (Å²) in [6, 6.07) is 7.61. The minimum Gasteiger partial charge on any atom is -0.325 e. The molecule has 0 spiro atoms. The third-order valence-corrected chi connectivity index (χ3v) is 6.38. The van der Waals surface area contributed by atoms with Crippen molar-refractivity contribution in [1.82, 2.24) is 14.8 Å². The van der Waals surface area contributed by atoms with Gasteiger partial charge in [-0.05, 0) is 44.0 Å². The van der Waals surface area contributed by atoms with Crippen molar-refractivity contribution in [2.75, 3.05) is 11.1 Å². The van der Waals surface area contributed by atoms with Gasteiger partial charge in [-0.1, -0.05) is 36.4 Å². The Morgan fingerprint density at radius 3 is 2.81 bits per heavy atom. The number of carbonyl (C=O) groups excluding carboxylic acids is 1. The molecule has 0 bridgehead atoms. The topological polar surface area (TPSA) is 59.8 Å². The minimum atomic E-state index is -0.0960. The maximum absolute atomic E-state index is 12.3. The summed E-state index contributed by atoms with van der Waals surface area (Å²) < 4.78 is 2.05. The van der Waals surface area contributed by atoms with Gasteiger partial charge in [-0.2, -0.15) is 0 Å². The molecule has 27 heavy (non-hydrogen) atoms. The molecule has 142 valence electrons. The number of aryl methyl sites for hydroxylation is 2. The van der Waals surface area contributed by atoms with Crippen molar-refractivity contribution < 1.29 is 4.79 Å². The number of aromatic nitrogens is 3. The number of nitrogens with one attached hydrogen (secondary N) is 1. The van der Waals surface area contributed by atoms with Crippen molar-refractivity contribution in [1.29, 1.82) is 0 Å². The summed E-state index contributed by atoms with van der Waals surface area (Å²) >= 11 is 9.13. The van der Waals surface area contributed by atoms with Gasteiger partial charge in [0.25, 0.3) is 0 Å². The number of benzene rings is 1. The smallest absolute Gasteiger partial charge is 0.234 e. The zero-order chi connectivity index (χ0) is 19.4. The molecule has 1 amide bonds. The summed E-state index contributed by atoms with van der Waals surface area (Å²) in [6.07, 6.45) is 1.01. The average Bonchev–Trinajstić information content (AvgIpc) is 3.28. The first kappa shape index (κ1) is 19.9. The zero-order valence-corrected chi connectivity index (χ0v) is 17.8. The Morgan fingerprint density at radius 1 is 1.30 bits per heavy atom. The number of anilines is 1. The number of hydrogen-bond acceptors (Lipinski definition) is 5. The van der Waals surface area contributed by atoms with E-state index in [1.165, 1.54) is 16.6 Å². The van der Waals surface area contributed by atoms with Crippen molar-refractivity contribution >= 4 is 46.3 Å². The molecule has 3 aromatic rings. The lowest BCUT2D eigenvalue weighted by Gasteiger charge is -2.09. The summed E-state index contributed by atoms with van der Waals surface area (Å²) in [5.41, 5.74) is 2.79. The van der Waals surface area contributed by atoms with Gasteiger partial charge < -0.3 is 9.88 Å². The third kappa shape index (κ3) is 4.72. The molecule has 0 aliphatic rings. The fourth-order valence-electron chi connectivity index (χ4n) is 2.62. The third-order valence-electron chi connectivity index (χ3n) is 4.10. The molecule has 0 saturated carbocycles. The minimum absolute atomic E-state index is 0.0960. The predicted molar refractivity (Wildman–Crippen MR) is 114 cm³/mol. The van der Waals surface area contributed by atoms with Crippen molar-refractivity contribution in [3.05, 3.63) is 45.1 Å². The van der Waals surface area contributed by atoms with Gasteiger partial charge in [-0.15, -0.1) is 21.5 Å². The van der Waals surface area contributed by atoms with Crippen LogP contribution in [0.1, 0.15) is 24.3 Å². The first-order chi connectivity index (χ1) is 13.0. The fourth-order valence-corrected chi connectivity index (χ4v) is 4.41. The molecule has 8 heteroatoms. The zero-order valence-electron chi connectivity index (χ0n) is 15.5. The summed E-state index contributed by atoms with van der Waals surface area (Å²) in [6.45, 7) is 6.88. The molecule has 1 aromatic carbocycles. The van der Waals surface area contributed by atoms with Gasteiger partial charge in [0.05, 0.1) is 5.75 Å². The van der Waals surface area contributed by atoms with Crippen molar-refractivity contribution in [2.24, 2.45) is 0 Å². The monoisotopic (exact) mass is 420 g/mol. The number of carbonyl (C=O) groups is 1. The van der Waals surface area contributed by atoms with Gasteiger partial charge in [0.2, 0.25) is 5.91 Å². The summed E-state index contributed by atoms with van der Waals surface area (Å²) in [5, 5.41) is 15.0. The quantitative estimate of drug-likeness (QED) is 0.528. The van der Waals surface area contributed by atoms with Crippen molar-refractivity contribution in [2.45, 2.75) is 38.9 Å². The number of thiophene rings is 1. The molecular weight excluding hydrogens is 400 g/mol. The Labute approximate surface area is 172 Å². The van der Waals surface area contributed by atoms with Crippen LogP contribution in [0.15, 0.2) is 34.8 Å². The average molecular weight is 421 g/mol. The van der Waals surface area contributed by atoms with E-state index in [1.807, 2.05) is 17.6 Å². The first-order valence-electron chi connectivity index (χ1n) is 8.71. The number of thioether (sulfide) groups is 1. The van der Waals surface area contributed by atoms with E-state index < -0.39 is 0 Å². The Hall–Kier alpha value is -1.83. The maximum Gasteiger partial charge on any atom is 0.234 e. The summed E-state index contributed by atoms with van der Waals surface area (Å²) in [5.74, 6) is 1.01. The highest BCUT2D eigenvalue weighted by Gasteiger charge is 2.16. The molecule has 3 rings (SSSR count). The largest absolute Gasteiger partial charge is 0.325 e. The normalized spacial score (nSPS) is 11.0. The van der Waals surface area contributed by atoms with Crippen molar-refractivity contribution in [3.63, 3.8) is 0 Å². The molecule has 2 aromatic heterocycles. The van der Waals surface area contributed by atoms with Crippen LogP contribution in [0.4, 0.5) is 5.69 Å². The second-order valence-electron chi connectivity index (χ2n) is 6.00. The van der Waals surface area contributed by atoms with E-state index in [0.29, 0.717) is 5.02 Å². The number of halogens is 1. The van der Waals surface area contributed by atoms with E-state index in [1.54, 1.807) is 23.5 Å².